The first-order valence-electron chi connectivity index (χ1n) is 7.39. The van der Waals surface area contributed by atoms with Gasteiger partial charge in [-0.2, -0.15) is 0 Å². The van der Waals surface area contributed by atoms with Crippen molar-refractivity contribution in [2.24, 2.45) is 0 Å². The second-order valence-corrected chi connectivity index (χ2v) is 5.67. The van der Waals surface area contributed by atoms with E-state index in [1.54, 1.807) is 0 Å². The molecule has 0 spiro atoms. The molecule has 1 saturated carbocycles. The Bertz CT molecular complexity index is 380. The lowest BCUT2D eigenvalue weighted by molar-refractivity contribution is 0.120. The average Bonchev–Trinajstić information content (AvgIpc) is 2.36. The number of hydrogen-bond acceptors (Lipinski definition) is 2. The summed E-state index contributed by atoms with van der Waals surface area (Å²) in [7, 11) is 0. The van der Waals surface area contributed by atoms with E-state index >= 15 is 0 Å². The van der Waals surface area contributed by atoms with E-state index < -0.39 is 0 Å². The molecule has 1 aromatic rings. The van der Waals surface area contributed by atoms with Crippen molar-refractivity contribution < 1.29 is 4.74 Å². The summed E-state index contributed by atoms with van der Waals surface area (Å²) in [5.41, 5.74) is 1.41. The minimum absolute atomic E-state index is 0.480. The molecule has 0 radical (unpaired) electrons. The Morgan fingerprint density at radius 3 is 2.78 bits per heavy atom. The summed E-state index contributed by atoms with van der Waals surface area (Å²) >= 11 is 0. The first-order valence-corrected chi connectivity index (χ1v) is 7.39. The summed E-state index contributed by atoms with van der Waals surface area (Å²) in [6.07, 6.45) is 9.43. The summed E-state index contributed by atoms with van der Waals surface area (Å²) in [6.45, 7) is 1.18. The Kier molecular flexibility index (Phi) is 3.84. The van der Waals surface area contributed by atoms with E-state index in [0.29, 0.717) is 12.1 Å². The Morgan fingerprint density at radius 1 is 1.11 bits per heavy atom. The molecule has 1 unspecified atom stereocenters. The third-order valence-corrected chi connectivity index (χ3v) is 4.15. The molecule has 1 aliphatic heterocycles. The molecular formula is C16H23NO. The van der Waals surface area contributed by atoms with E-state index in [4.69, 9.17) is 4.74 Å². The molecule has 98 valence electrons. The van der Waals surface area contributed by atoms with E-state index in [0.717, 1.165) is 12.2 Å². The standard InChI is InChI=1S/C16H23NO/c1-2-10-17-14(6-1)11-13-5-3-9-16(12-13)18-15-7-4-8-15/h3,5,9,12,14-15,17H,1-2,4,6-8,10-11H2. The van der Waals surface area contributed by atoms with Gasteiger partial charge in [-0.1, -0.05) is 18.6 Å². The highest BCUT2D eigenvalue weighted by atomic mass is 16.5. The molecule has 3 rings (SSSR count). The van der Waals surface area contributed by atoms with Crippen LogP contribution in [0.1, 0.15) is 44.1 Å². The van der Waals surface area contributed by atoms with Crippen molar-refractivity contribution in [3.8, 4) is 5.75 Å². The van der Waals surface area contributed by atoms with Gasteiger partial charge in [0.25, 0.3) is 0 Å². The van der Waals surface area contributed by atoms with E-state index in [1.807, 2.05) is 0 Å². The van der Waals surface area contributed by atoms with Crippen molar-refractivity contribution in [2.75, 3.05) is 6.54 Å². The molecule has 1 aliphatic carbocycles. The van der Waals surface area contributed by atoms with Crippen LogP contribution in [0.5, 0.6) is 5.75 Å². The smallest absolute Gasteiger partial charge is 0.119 e. The lowest BCUT2D eigenvalue weighted by Gasteiger charge is -2.27. The zero-order chi connectivity index (χ0) is 12.2. The fraction of sp³-hybridized carbons (Fsp3) is 0.625. The summed E-state index contributed by atoms with van der Waals surface area (Å²) < 4.78 is 5.96. The highest BCUT2D eigenvalue weighted by Gasteiger charge is 2.19. The maximum Gasteiger partial charge on any atom is 0.119 e. The molecule has 2 fully saturated rings. The normalized spacial score (nSPS) is 24.6. The first kappa shape index (κ1) is 12.0. The number of hydrogen-bond donors (Lipinski definition) is 1. The van der Waals surface area contributed by atoms with Gasteiger partial charge in [-0.25, -0.2) is 0 Å². The lowest BCUT2D eigenvalue weighted by atomic mass is 9.96. The molecule has 1 heterocycles. The maximum absolute atomic E-state index is 5.96. The molecule has 1 saturated heterocycles. The van der Waals surface area contributed by atoms with Crippen molar-refractivity contribution in [3.05, 3.63) is 29.8 Å². The molecule has 0 amide bonds. The number of rotatable bonds is 4. The second kappa shape index (κ2) is 5.75. The molecule has 18 heavy (non-hydrogen) atoms. The van der Waals surface area contributed by atoms with Crippen molar-refractivity contribution >= 4 is 0 Å². The van der Waals surface area contributed by atoms with Crippen molar-refractivity contribution in [1.82, 2.24) is 5.32 Å². The zero-order valence-corrected chi connectivity index (χ0v) is 11.0. The molecule has 0 bridgehead atoms. The van der Waals surface area contributed by atoms with Gasteiger partial charge in [-0.3, -0.25) is 0 Å². The van der Waals surface area contributed by atoms with Crippen LogP contribution in [0.3, 0.4) is 0 Å². The molecule has 0 aromatic heterocycles. The third-order valence-electron chi connectivity index (χ3n) is 4.15. The van der Waals surface area contributed by atoms with Crippen molar-refractivity contribution in [3.63, 3.8) is 0 Å². The number of benzene rings is 1. The molecule has 2 aliphatic rings. The van der Waals surface area contributed by atoms with Gasteiger partial charge in [0, 0.05) is 6.04 Å². The fourth-order valence-corrected chi connectivity index (χ4v) is 2.81. The SMILES string of the molecule is c1cc(CC2CCCCN2)cc(OC2CCC2)c1. The Morgan fingerprint density at radius 2 is 2.06 bits per heavy atom. The molecule has 2 nitrogen and oxygen atoms in total. The van der Waals surface area contributed by atoms with Gasteiger partial charge in [0.1, 0.15) is 5.75 Å². The van der Waals surface area contributed by atoms with Crippen LogP contribution in [0.15, 0.2) is 24.3 Å². The highest BCUT2D eigenvalue weighted by molar-refractivity contribution is 5.29. The third kappa shape index (κ3) is 3.05. The Labute approximate surface area is 110 Å². The topological polar surface area (TPSA) is 21.3 Å². The Hall–Kier alpha value is -1.02. The number of piperidine rings is 1. The summed E-state index contributed by atoms with van der Waals surface area (Å²) in [5, 5.41) is 3.61. The molecule has 1 aromatic carbocycles. The molecule has 1 atom stereocenters. The van der Waals surface area contributed by atoms with Crippen molar-refractivity contribution in [1.29, 1.82) is 0 Å². The molecular weight excluding hydrogens is 222 g/mol. The van der Waals surface area contributed by atoms with Gasteiger partial charge < -0.3 is 10.1 Å². The van der Waals surface area contributed by atoms with Gasteiger partial charge in [0.05, 0.1) is 6.10 Å². The second-order valence-electron chi connectivity index (χ2n) is 5.67. The highest BCUT2D eigenvalue weighted by Crippen LogP contribution is 2.26. The van der Waals surface area contributed by atoms with Crippen LogP contribution in [-0.2, 0) is 6.42 Å². The summed E-state index contributed by atoms with van der Waals surface area (Å²) in [4.78, 5) is 0. The molecule has 1 N–H and O–H groups in total. The van der Waals surface area contributed by atoms with E-state index in [1.165, 1.54) is 50.6 Å². The van der Waals surface area contributed by atoms with E-state index in [2.05, 4.69) is 29.6 Å². The van der Waals surface area contributed by atoms with Crippen LogP contribution < -0.4 is 10.1 Å². The van der Waals surface area contributed by atoms with Gasteiger partial charge in [0.15, 0.2) is 0 Å². The predicted molar refractivity (Wildman–Crippen MR) is 74.1 cm³/mol. The minimum Gasteiger partial charge on any atom is -0.490 e. The van der Waals surface area contributed by atoms with Crippen LogP contribution in [0.2, 0.25) is 0 Å². The Balaban J connectivity index is 1.58. The quantitative estimate of drug-likeness (QED) is 0.878. The first-order chi connectivity index (χ1) is 8.90. The van der Waals surface area contributed by atoms with E-state index in [9.17, 15) is 0 Å². The van der Waals surface area contributed by atoms with Crippen LogP contribution in [0.4, 0.5) is 0 Å². The van der Waals surface area contributed by atoms with Crippen LogP contribution >= 0.6 is 0 Å². The van der Waals surface area contributed by atoms with Crippen LogP contribution in [0, 0.1) is 0 Å². The van der Waals surface area contributed by atoms with Crippen LogP contribution in [0.25, 0.3) is 0 Å². The van der Waals surface area contributed by atoms with Gasteiger partial charge in [0.2, 0.25) is 0 Å². The zero-order valence-electron chi connectivity index (χ0n) is 11.0. The van der Waals surface area contributed by atoms with E-state index in [-0.39, 0.29) is 0 Å². The average molecular weight is 245 g/mol. The summed E-state index contributed by atoms with van der Waals surface area (Å²) in [5.74, 6) is 1.06. The van der Waals surface area contributed by atoms with Gasteiger partial charge in [-0.15, -0.1) is 0 Å². The van der Waals surface area contributed by atoms with Crippen LogP contribution in [-0.4, -0.2) is 18.7 Å². The van der Waals surface area contributed by atoms with Crippen molar-refractivity contribution in [2.45, 2.75) is 57.1 Å². The maximum atomic E-state index is 5.96. The van der Waals surface area contributed by atoms with Gasteiger partial charge >= 0.3 is 0 Å². The molecule has 2 heteroatoms. The monoisotopic (exact) mass is 245 g/mol. The summed E-state index contributed by atoms with van der Waals surface area (Å²) in [6, 6.07) is 9.35. The largest absolute Gasteiger partial charge is 0.490 e. The number of ether oxygens (including phenoxy) is 1. The fourth-order valence-electron chi connectivity index (χ4n) is 2.81. The lowest BCUT2D eigenvalue weighted by Crippen LogP contribution is -2.35. The number of nitrogens with one attached hydrogen (secondary N) is 1. The predicted octanol–water partition coefficient (Wildman–Crippen LogP) is 3.30. The minimum atomic E-state index is 0.480. The van der Waals surface area contributed by atoms with Gasteiger partial charge in [-0.05, 0) is 62.8 Å².